The molecule has 0 rings (SSSR count). The molecule has 0 aromatic carbocycles. The topological polar surface area (TPSA) is 35.2 Å². The van der Waals surface area contributed by atoms with Gasteiger partial charge in [-0.1, -0.05) is 41.0 Å². The minimum Gasteiger partial charge on any atom is -0.304 e. The van der Waals surface area contributed by atoms with Crippen LogP contribution in [0.4, 0.5) is 0 Å². The molecule has 0 unspecified atom stereocenters. The molecule has 0 aliphatic heterocycles. The van der Waals surface area contributed by atoms with E-state index >= 15 is 0 Å². The van der Waals surface area contributed by atoms with Crippen LogP contribution in [0.25, 0.3) is 0 Å². The molecule has 2 nitrogen and oxygen atoms in total. The second-order valence-corrected chi connectivity index (χ2v) is 5.17. The highest BCUT2D eigenvalue weighted by atomic mass is 16.6. The zero-order chi connectivity index (χ0) is 9.83. The Balaban J connectivity index is 4.04. The first-order valence-corrected chi connectivity index (χ1v) is 4.65. The van der Waals surface area contributed by atoms with Crippen LogP contribution in [0.15, 0.2) is 0 Å². The Morgan fingerprint density at radius 3 is 1.92 bits per heavy atom. The molecule has 0 heterocycles. The van der Waals surface area contributed by atoms with Crippen LogP contribution in [0.1, 0.15) is 47.5 Å². The Morgan fingerprint density at radius 2 is 1.58 bits per heavy atom. The summed E-state index contributed by atoms with van der Waals surface area (Å²) in [5.74, 6) is 5.07. The Hall–Kier alpha value is -0.0800. The highest BCUT2D eigenvalue weighted by Gasteiger charge is 2.27. The lowest BCUT2D eigenvalue weighted by atomic mass is 9.74. The van der Waals surface area contributed by atoms with Gasteiger partial charge in [0.15, 0.2) is 0 Å². The van der Waals surface area contributed by atoms with Crippen molar-refractivity contribution < 1.29 is 4.84 Å². The number of hydrogen-bond donors (Lipinski definition) is 1. The van der Waals surface area contributed by atoms with Gasteiger partial charge in [0.25, 0.3) is 0 Å². The summed E-state index contributed by atoms with van der Waals surface area (Å²) in [6, 6.07) is 0. The molecule has 2 heteroatoms. The highest BCUT2D eigenvalue weighted by Crippen LogP contribution is 2.35. The molecule has 0 bridgehead atoms. The van der Waals surface area contributed by atoms with Crippen molar-refractivity contribution in [2.45, 2.75) is 47.5 Å². The number of rotatable bonds is 5. The smallest absolute Gasteiger partial charge is 0.0730 e. The van der Waals surface area contributed by atoms with Crippen LogP contribution in [-0.4, -0.2) is 6.61 Å². The molecule has 0 atom stereocenters. The zero-order valence-corrected chi connectivity index (χ0v) is 9.11. The van der Waals surface area contributed by atoms with Crippen LogP contribution >= 0.6 is 0 Å². The largest absolute Gasteiger partial charge is 0.304 e. The molecular formula is C10H23NO. The molecule has 0 saturated heterocycles. The van der Waals surface area contributed by atoms with Gasteiger partial charge in [-0.15, -0.1) is 0 Å². The number of nitrogens with two attached hydrogens (primary N) is 1. The Bertz CT molecular complexity index is 130. The van der Waals surface area contributed by atoms with Crippen molar-refractivity contribution in [3.8, 4) is 0 Å². The predicted octanol–water partition coefficient (Wildman–Crippen LogP) is 2.73. The van der Waals surface area contributed by atoms with Gasteiger partial charge in [0.1, 0.15) is 0 Å². The van der Waals surface area contributed by atoms with Gasteiger partial charge < -0.3 is 4.84 Å². The van der Waals surface area contributed by atoms with Crippen LogP contribution in [-0.2, 0) is 4.84 Å². The van der Waals surface area contributed by atoms with Crippen LogP contribution in [0.3, 0.4) is 0 Å². The van der Waals surface area contributed by atoms with Crippen molar-refractivity contribution in [1.82, 2.24) is 0 Å². The average molecular weight is 173 g/mol. The summed E-state index contributed by atoms with van der Waals surface area (Å²) >= 11 is 0. The SMILES string of the molecule is CCC(C)(C)CC(C)(C)CON. The molecular weight excluding hydrogens is 150 g/mol. The summed E-state index contributed by atoms with van der Waals surface area (Å²) in [4.78, 5) is 4.70. The van der Waals surface area contributed by atoms with Gasteiger partial charge in [-0.3, -0.25) is 0 Å². The quantitative estimate of drug-likeness (QED) is 0.649. The summed E-state index contributed by atoms with van der Waals surface area (Å²) in [6.45, 7) is 11.8. The zero-order valence-electron chi connectivity index (χ0n) is 9.11. The summed E-state index contributed by atoms with van der Waals surface area (Å²) in [7, 11) is 0. The van der Waals surface area contributed by atoms with E-state index < -0.39 is 0 Å². The molecule has 0 spiro atoms. The van der Waals surface area contributed by atoms with Crippen LogP contribution < -0.4 is 5.90 Å². The molecule has 2 N–H and O–H groups in total. The van der Waals surface area contributed by atoms with E-state index in [1.807, 2.05) is 0 Å². The van der Waals surface area contributed by atoms with Crippen molar-refractivity contribution in [1.29, 1.82) is 0 Å². The molecule has 0 radical (unpaired) electrons. The van der Waals surface area contributed by atoms with Gasteiger partial charge in [0.05, 0.1) is 6.61 Å². The van der Waals surface area contributed by atoms with Crippen molar-refractivity contribution in [3.63, 3.8) is 0 Å². The van der Waals surface area contributed by atoms with E-state index in [-0.39, 0.29) is 5.41 Å². The van der Waals surface area contributed by atoms with E-state index in [0.717, 1.165) is 6.42 Å². The van der Waals surface area contributed by atoms with E-state index in [4.69, 9.17) is 10.7 Å². The molecule has 0 saturated carbocycles. The molecule has 12 heavy (non-hydrogen) atoms. The van der Waals surface area contributed by atoms with Crippen LogP contribution in [0.2, 0.25) is 0 Å². The fourth-order valence-electron chi connectivity index (χ4n) is 1.70. The third-order valence-corrected chi connectivity index (χ3v) is 2.39. The highest BCUT2D eigenvalue weighted by molar-refractivity contribution is 4.77. The lowest BCUT2D eigenvalue weighted by molar-refractivity contribution is 0.0357. The normalized spacial score (nSPS) is 13.5. The van der Waals surface area contributed by atoms with Crippen LogP contribution in [0.5, 0.6) is 0 Å². The van der Waals surface area contributed by atoms with Crippen LogP contribution in [0, 0.1) is 10.8 Å². The van der Waals surface area contributed by atoms with Crippen molar-refractivity contribution >= 4 is 0 Å². The van der Waals surface area contributed by atoms with Gasteiger partial charge in [0.2, 0.25) is 0 Å². The predicted molar refractivity (Wildman–Crippen MR) is 52.6 cm³/mol. The van der Waals surface area contributed by atoms with Gasteiger partial charge >= 0.3 is 0 Å². The third-order valence-electron chi connectivity index (χ3n) is 2.39. The maximum Gasteiger partial charge on any atom is 0.0730 e. The third kappa shape index (κ3) is 4.73. The summed E-state index contributed by atoms with van der Waals surface area (Å²) < 4.78 is 0. The van der Waals surface area contributed by atoms with Gasteiger partial charge in [-0.25, -0.2) is 5.90 Å². The first-order valence-electron chi connectivity index (χ1n) is 4.65. The maximum absolute atomic E-state index is 5.07. The second-order valence-electron chi connectivity index (χ2n) is 5.17. The Morgan fingerprint density at radius 1 is 1.08 bits per heavy atom. The summed E-state index contributed by atoms with van der Waals surface area (Å²) in [6.07, 6.45) is 2.34. The first kappa shape index (κ1) is 11.9. The summed E-state index contributed by atoms with van der Waals surface area (Å²) in [5, 5.41) is 0. The molecule has 0 aromatic heterocycles. The fraction of sp³-hybridized carbons (Fsp3) is 1.00. The fourth-order valence-corrected chi connectivity index (χ4v) is 1.70. The summed E-state index contributed by atoms with van der Waals surface area (Å²) in [5.41, 5.74) is 0.580. The lowest BCUT2D eigenvalue weighted by Crippen LogP contribution is -2.28. The Labute approximate surface area is 76.4 Å². The van der Waals surface area contributed by atoms with E-state index in [1.54, 1.807) is 0 Å². The van der Waals surface area contributed by atoms with Gasteiger partial charge in [-0.05, 0) is 17.3 Å². The van der Waals surface area contributed by atoms with Gasteiger partial charge in [0, 0.05) is 0 Å². The molecule has 0 fully saturated rings. The monoisotopic (exact) mass is 173 g/mol. The average Bonchev–Trinajstić information content (AvgIpc) is 1.85. The van der Waals surface area contributed by atoms with E-state index in [0.29, 0.717) is 12.0 Å². The minimum absolute atomic E-state index is 0.189. The number of hydrogen-bond acceptors (Lipinski definition) is 2. The minimum atomic E-state index is 0.189. The first-order chi connectivity index (χ1) is 5.33. The standard InChI is InChI=1S/C10H23NO/c1-6-9(2,3)7-10(4,5)8-12-11/h6-8,11H2,1-5H3. The van der Waals surface area contributed by atoms with E-state index in [2.05, 4.69) is 34.6 Å². The van der Waals surface area contributed by atoms with Gasteiger partial charge in [-0.2, -0.15) is 0 Å². The molecule has 0 aromatic rings. The molecule has 74 valence electrons. The second kappa shape index (κ2) is 4.24. The molecule has 0 amide bonds. The lowest BCUT2D eigenvalue weighted by Gasteiger charge is -2.33. The van der Waals surface area contributed by atoms with Crippen molar-refractivity contribution in [3.05, 3.63) is 0 Å². The Kier molecular flexibility index (Phi) is 4.21. The molecule has 0 aliphatic rings. The van der Waals surface area contributed by atoms with Crippen molar-refractivity contribution in [2.24, 2.45) is 16.7 Å². The van der Waals surface area contributed by atoms with E-state index in [9.17, 15) is 0 Å². The van der Waals surface area contributed by atoms with Crippen molar-refractivity contribution in [2.75, 3.05) is 6.61 Å². The maximum atomic E-state index is 5.07. The molecule has 0 aliphatic carbocycles. The van der Waals surface area contributed by atoms with E-state index in [1.165, 1.54) is 6.42 Å².